The normalized spacial score (nSPS) is 22.2. The number of nitrogens with one attached hydrogen (secondary N) is 3. The molecule has 4 rings (SSSR count). The fourth-order valence-electron chi connectivity index (χ4n) is 3.84. The molecule has 0 saturated carbocycles. The summed E-state index contributed by atoms with van der Waals surface area (Å²) >= 11 is 0. The van der Waals surface area contributed by atoms with Crippen LogP contribution in [0.3, 0.4) is 0 Å². The summed E-state index contributed by atoms with van der Waals surface area (Å²) in [6.45, 7) is 3.44. The third kappa shape index (κ3) is 3.60. The van der Waals surface area contributed by atoms with Crippen molar-refractivity contribution in [3.63, 3.8) is 0 Å². The molecule has 2 fully saturated rings. The fraction of sp³-hybridized carbons (Fsp3) is 0.474. The Labute approximate surface area is 147 Å². The highest BCUT2D eigenvalue weighted by Gasteiger charge is 2.41. The second-order valence-electron chi connectivity index (χ2n) is 7.12. The Morgan fingerprint density at radius 1 is 1.28 bits per heavy atom. The number of hydrogen-bond donors (Lipinski definition) is 3. The van der Waals surface area contributed by atoms with Gasteiger partial charge in [-0.2, -0.15) is 0 Å². The molecule has 2 aliphatic heterocycles. The first-order valence-corrected chi connectivity index (χ1v) is 8.96. The van der Waals surface area contributed by atoms with Gasteiger partial charge in [-0.1, -0.05) is 18.2 Å². The van der Waals surface area contributed by atoms with Gasteiger partial charge >= 0.3 is 0 Å². The Kier molecular flexibility index (Phi) is 4.55. The monoisotopic (exact) mass is 340 g/mol. The first kappa shape index (κ1) is 16.3. The van der Waals surface area contributed by atoms with E-state index in [9.17, 15) is 4.79 Å². The van der Waals surface area contributed by atoms with Crippen LogP contribution in [0.25, 0.3) is 11.5 Å². The van der Waals surface area contributed by atoms with Gasteiger partial charge in [-0.15, -0.1) is 0 Å². The molecule has 1 spiro atoms. The van der Waals surface area contributed by atoms with E-state index in [0.29, 0.717) is 17.9 Å². The number of carbonyl (C=O) groups excluding carboxylic acids is 1. The third-order valence-corrected chi connectivity index (χ3v) is 5.36. The number of piperidine rings is 1. The second-order valence-corrected chi connectivity index (χ2v) is 7.12. The molecule has 25 heavy (non-hydrogen) atoms. The van der Waals surface area contributed by atoms with Crippen LogP contribution in [0.4, 0.5) is 0 Å². The third-order valence-electron chi connectivity index (χ3n) is 5.36. The lowest BCUT2D eigenvalue weighted by atomic mass is 9.77. The lowest BCUT2D eigenvalue weighted by Crippen LogP contribution is -2.40. The first-order chi connectivity index (χ1) is 12.2. The number of benzene rings is 1. The molecule has 132 valence electrons. The van der Waals surface area contributed by atoms with E-state index in [1.54, 1.807) is 6.26 Å². The van der Waals surface area contributed by atoms with Crippen molar-refractivity contribution in [3.8, 4) is 11.5 Å². The summed E-state index contributed by atoms with van der Waals surface area (Å²) in [5.41, 5.74) is 1.97. The summed E-state index contributed by atoms with van der Waals surface area (Å²) in [6, 6.07) is 9.66. The highest BCUT2D eigenvalue weighted by molar-refractivity contribution is 5.82. The van der Waals surface area contributed by atoms with Gasteiger partial charge in [-0.05, 0) is 49.9 Å². The Balaban J connectivity index is 1.31. The standard InChI is InChI=1S/C19H24N4O2/c24-17(16-10-19(13-22-16)6-8-20-9-7-19)21-11-15-12-25-18(23-15)14-4-2-1-3-5-14/h1-5,12,16,20,22H,6-11,13H2,(H,21,24)/t16-/m1/s1. The van der Waals surface area contributed by atoms with Gasteiger partial charge in [0, 0.05) is 12.1 Å². The van der Waals surface area contributed by atoms with Gasteiger partial charge in [0.05, 0.1) is 18.3 Å². The van der Waals surface area contributed by atoms with Crippen LogP contribution >= 0.6 is 0 Å². The van der Waals surface area contributed by atoms with Crippen LogP contribution in [-0.2, 0) is 11.3 Å². The van der Waals surface area contributed by atoms with Gasteiger partial charge in [-0.25, -0.2) is 4.98 Å². The molecular weight excluding hydrogens is 316 g/mol. The van der Waals surface area contributed by atoms with Crippen molar-refractivity contribution >= 4 is 5.91 Å². The van der Waals surface area contributed by atoms with Crippen LogP contribution in [0.1, 0.15) is 25.0 Å². The second kappa shape index (κ2) is 6.98. The molecule has 1 amide bonds. The number of nitrogens with zero attached hydrogens (tertiary/aromatic N) is 1. The fourth-order valence-corrected chi connectivity index (χ4v) is 3.84. The van der Waals surface area contributed by atoms with Crippen molar-refractivity contribution in [2.45, 2.75) is 31.8 Å². The SMILES string of the molecule is O=C(NCc1coc(-c2ccccc2)n1)[C@H]1CC2(CCNCC2)CN1. The predicted molar refractivity (Wildman–Crippen MR) is 94.7 cm³/mol. The van der Waals surface area contributed by atoms with E-state index in [1.807, 2.05) is 30.3 Å². The molecule has 6 nitrogen and oxygen atoms in total. The van der Waals surface area contributed by atoms with Crippen molar-refractivity contribution in [2.75, 3.05) is 19.6 Å². The van der Waals surface area contributed by atoms with Crippen molar-refractivity contribution in [2.24, 2.45) is 5.41 Å². The Hall–Kier alpha value is -2.18. The minimum Gasteiger partial charge on any atom is -0.444 e. The summed E-state index contributed by atoms with van der Waals surface area (Å²) in [4.78, 5) is 16.9. The Morgan fingerprint density at radius 3 is 2.88 bits per heavy atom. The Bertz CT molecular complexity index is 722. The zero-order chi connectivity index (χ0) is 17.1. The first-order valence-electron chi connectivity index (χ1n) is 8.96. The zero-order valence-electron chi connectivity index (χ0n) is 14.3. The van der Waals surface area contributed by atoms with E-state index < -0.39 is 0 Å². The molecule has 1 aromatic carbocycles. The maximum absolute atomic E-state index is 12.5. The molecule has 0 unspecified atom stereocenters. The van der Waals surface area contributed by atoms with Crippen LogP contribution in [0.15, 0.2) is 41.0 Å². The zero-order valence-corrected chi connectivity index (χ0v) is 14.3. The van der Waals surface area contributed by atoms with Gasteiger partial charge in [0.2, 0.25) is 11.8 Å². The topological polar surface area (TPSA) is 79.2 Å². The molecular formula is C19H24N4O2. The molecule has 2 aromatic rings. The summed E-state index contributed by atoms with van der Waals surface area (Å²) in [6.07, 6.45) is 4.83. The minimum atomic E-state index is -0.0985. The number of oxazole rings is 1. The molecule has 1 aromatic heterocycles. The summed E-state index contributed by atoms with van der Waals surface area (Å²) in [7, 11) is 0. The average molecular weight is 340 g/mol. The quantitative estimate of drug-likeness (QED) is 0.789. The number of amides is 1. The highest BCUT2D eigenvalue weighted by atomic mass is 16.3. The van der Waals surface area contributed by atoms with Crippen molar-refractivity contribution in [1.82, 2.24) is 20.9 Å². The molecule has 0 bridgehead atoms. The van der Waals surface area contributed by atoms with Crippen LogP contribution in [-0.4, -0.2) is 36.6 Å². The van der Waals surface area contributed by atoms with Crippen LogP contribution < -0.4 is 16.0 Å². The van der Waals surface area contributed by atoms with Crippen LogP contribution in [0, 0.1) is 5.41 Å². The van der Waals surface area contributed by atoms with Gasteiger partial charge < -0.3 is 20.4 Å². The highest BCUT2D eigenvalue weighted by Crippen LogP contribution is 2.37. The van der Waals surface area contributed by atoms with E-state index in [-0.39, 0.29) is 11.9 Å². The molecule has 2 aliphatic rings. The molecule has 0 radical (unpaired) electrons. The van der Waals surface area contributed by atoms with E-state index in [4.69, 9.17) is 4.42 Å². The minimum absolute atomic E-state index is 0.0552. The molecule has 3 N–H and O–H groups in total. The van der Waals surface area contributed by atoms with Crippen LogP contribution in [0.5, 0.6) is 0 Å². The molecule has 2 saturated heterocycles. The van der Waals surface area contributed by atoms with Crippen LogP contribution in [0.2, 0.25) is 0 Å². The maximum atomic E-state index is 12.5. The predicted octanol–water partition coefficient (Wildman–Crippen LogP) is 1.69. The molecule has 3 heterocycles. The number of rotatable bonds is 4. The van der Waals surface area contributed by atoms with Crippen molar-refractivity contribution < 1.29 is 9.21 Å². The number of aromatic nitrogens is 1. The maximum Gasteiger partial charge on any atom is 0.237 e. The average Bonchev–Trinajstić information content (AvgIpc) is 3.29. The lowest BCUT2D eigenvalue weighted by Gasteiger charge is -2.33. The summed E-state index contributed by atoms with van der Waals surface area (Å²) in [5, 5.41) is 9.78. The molecule has 0 aliphatic carbocycles. The van der Waals surface area contributed by atoms with Gasteiger partial charge in [-0.3, -0.25) is 4.79 Å². The largest absolute Gasteiger partial charge is 0.444 e. The summed E-state index contributed by atoms with van der Waals surface area (Å²) < 4.78 is 5.51. The summed E-state index contributed by atoms with van der Waals surface area (Å²) in [5.74, 6) is 0.636. The van der Waals surface area contributed by atoms with E-state index in [1.165, 1.54) is 0 Å². The lowest BCUT2D eigenvalue weighted by molar-refractivity contribution is -0.123. The van der Waals surface area contributed by atoms with E-state index in [0.717, 1.165) is 50.2 Å². The number of carbonyl (C=O) groups is 1. The van der Waals surface area contributed by atoms with Crippen molar-refractivity contribution in [3.05, 3.63) is 42.3 Å². The van der Waals surface area contributed by atoms with Gasteiger partial charge in [0.25, 0.3) is 0 Å². The van der Waals surface area contributed by atoms with Gasteiger partial charge in [0.1, 0.15) is 6.26 Å². The van der Waals surface area contributed by atoms with E-state index >= 15 is 0 Å². The smallest absolute Gasteiger partial charge is 0.237 e. The molecule has 1 atom stereocenters. The number of hydrogen-bond acceptors (Lipinski definition) is 5. The van der Waals surface area contributed by atoms with E-state index in [2.05, 4.69) is 20.9 Å². The van der Waals surface area contributed by atoms with Gasteiger partial charge in [0.15, 0.2) is 0 Å². The molecule has 6 heteroatoms. The van der Waals surface area contributed by atoms with Crippen molar-refractivity contribution in [1.29, 1.82) is 0 Å². The Morgan fingerprint density at radius 2 is 2.08 bits per heavy atom.